The zero-order valence-electron chi connectivity index (χ0n) is 12.7. The molecule has 1 aliphatic rings. The second kappa shape index (κ2) is 5.84. The molecule has 0 amide bonds. The average molecular weight is 365 g/mol. The normalized spacial score (nSPS) is 18.5. The molecule has 0 aliphatic carbocycles. The Morgan fingerprint density at radius 3 is 2.20 bits per heavy atom. The average Bonchev–Trinajstić information content (AvgIpc) is 2.52. The number of hydrogen-bond donors (Lipinski definition) is 1. The zero-order chi connectivity index (χ0) is 18.5. The Hall–Kier alpha value is -1.87. The fourth-order valence-electron chi connectivity index (χ4n) is 2.99. The lowest BCUT2D eigenvalue weighted by Gasteiger charge is -2.34. The Morgan fingerprint density at radius 1 is 1.00 bits per heavy atom. The summed E-state index contributed by atoms with van der Waals surface area (Å²) in [5, 5.41) is 10.6. The second-order valence-corrected chi connectivity index (χ2v) is 5.90. The highest BCUT2D eigenvalue weighted by Crippen LogP contribution is 2.42. The number of fused-ring (bicyclic) bond motifs is 1. The van der Waals surface area contributed by atoms with Gasteiger partial charge in [-0.2, -0.15) is 26.3 Å². The van der Waals surface area contributed by atoms with Crippen LogP contribution in [0.1, 0.15) is 29.7 Å². The summed E-state index contributed by atoms with van der Waals surface area (Å²) in [7, 11) is 0. The first-order valence-electron chi connectivity index (χ1n) is 7.41. The minimum Gasteiger partial charge on any atom is -0.385 e. The number of para-hydroxylation sites is 1. The van der Waals surface area contributed by atoms with E-state index in [-0.39, 0.29) is 37.0 Å². The summed E-state index contributed by atoms with van der Waals surface area (Å²) in [5.41, 5.74) is -5.47. The lowest BCUT2D eigenvalue weighted by Crippen LogP contribution is -2.34. The molecule has 1 fully saturated rings. The maximum atomic E-state index is 13.2. The molecule has 1 aromatic heterocycles. The van der Waals surface area contributed by atoms with Crippen LogP contribution >= 0.6 is 0 Å². The lowest BCUT2D eigenvalue weighted by atomic mass is 9.83. The van der Waals surface area contributed by atoms with Crippen LogP contribution in [0, 0.1) is 0 Å². The van der Waals surface area contributed by atoms with Crippen LogP contribution in [0.4, 0.5) is 26.3 Å². The predicted octanol–water partition coefficient (Wildman–Crippen LogP) is 4.27. The molecule has 2 aromatic rings. The monoisotopic (exact) mass is 365 g/mol. The van der Waals surface area contributed by atoms with Crippen molar-refractivity contribution in [2.75, 3.05) is 13.2 Å². The smallest absolute Gasteiger partial charge is 0.385 e. The van der Waals surface area contributed by atoms with Crippen molar-refractivity contribution in [1.29, 1.82) is 0 Å². The van der Waals surface area contributed by atoms with Crippen LogP contribution in [0.15, 0.2) is 24.3 Å². The topological polar surface area (TPSA) is 42.4 Å². The van der Waals surface area contributed by atoms with Gasteiger partial charge in [-0.3, -0.25) is 0 Å². The summed E-state index contributed by atoms with van der Waals surface area (Å²) in [5.74, 6) is 0. The molecule has 1 aromatic carbocycles. The van der Waals surface area contributed by atoms with Crippen LogP contribution in [0.5, 0.6) is 0 Å². The van der Waals surface area contributed by atoms with Gasteiger partial charge in [-0.25, -0.2) is 4.98 Å². The van der Waals surface area contributed by atoms with E-state index in [2.05, 4.69) is 4.98 Å². The Balaban J connectivity index is 2.35. The number of benzene rings is 1. The van der Waals surface area contributed by atoms with Crippen LogP contribution in [0.25, 0.3) is 10.9 Å². The largest absolute Gasteiger partial charge is 0.433 e. The van der Waals surface area contributed by atoms with E-state index in [4.69, 9.17) is 4.74 Å². The molecular weight excluding hydrogens is 352 g/mol. The zero-order valence-corrected chi connectivity index (χ0v) is 12.7. The molecule has 0 bridgehead atoms. The first-order chi connectivity index (χ1) is 11.5. The number of pyridine rings is 1. The van der Waals surface area contributed by atoms with Crippen LogP contribution in [-0.4, -0.2) is 23.3 Å². The molecule has 25 heavy (non-hydrogen) atoms. The Kier molecular flexibility index (Phi) is 4.19. The standard InChI is InChI=1S/C16H13F6NO2/c17-15(18,19)10-3-1-2-9-11(14(24)4-6-25-7-5-14)8-12(16(20,21)22)23-13(9)10/h1-3,8,24H,4-7H2. The third-order valence-corrected chi connectivity index (χ3v) is 4.26. The van der Waals surface area contributed by atoms with E-state index in [9.17, 15) is 31.4 Å². The van der Waals surface area contributed by atoms with Gasteiger partial charge in [-0.15, -0.1) is 0 Å². The quantitative estimate of drug-likeness (QED) is 0.768. The molecule has 0 atom stereocenters. The summed E-state index contributed by atoms with van der Waals surface area (Å²) in [6.07, 6.45) is -9.84. The van der Waals surface area contributed by atoms with Crippen molar-refractivity contribution in [3.05, 3.63) is 41.1 Å². The molecule has 9 heteroatoms. The molecule has 0 unspecified atom stereocenters. The SMILES string of the molecule is OC1(c2cc(C(F)(F)F)nc3c(C(F)(F)F)cccc23)CCOCC1. The number of ether oxygens (including phenoxy) is 1. The highest BCUT2D eigenvalue weighted by molar-refractivity contribution is 5.86. The van der Waals surface area contributed by atoms with Gasteiger partial charge < -0.3 is 9.84 Å². The van der Waals surface area contributed by atoms with Gasteiger partial charge in [0.05, 0.1) is 16.7 Å². The van der Waals surface area contributed by atoms with Crippen molar-refractivity contribution in [1.82, 2.24) is 4.98 Å². The van der Waals surface area contributed by atoms with Crippen LogP contribution in [0.3, 0.4) is 0 Å². The molecule has 1 saturated heterocycles. The molecule has 0 spiro atoms. The van der Waals surface area contributed by atoms with Gasteiger partial charge in [0.25, 0.3) is 0 Å². The van der Waals surface area contributed by atoms with Crippen molar-refractivity contribution in [3.63, 3.8) is 0 Å². The number of aliphatic hydroxyl groups is 1. The number of hydrogen-bond acceptors (Lipinski definition) is 3. The fraction of sp³-hybridized carbons (Fsp3) is 0.438. The summed E-state index contributed by atoms with van der Waals surface area (Å²) in [6.45, 7) is 0.196. The number of nitrogens with zero attached hydrogens (tertiary/aromatic N) is 1. The number of rotatable bonds is 1. The van der Waals surface area contributed by atoms with Crippen molar-refractivity contribution < 1.29 is 36.2 Å². The van der Waals surface area contributed by atoms with Crippen LogP contribution in [0.2, 0.25) is 0 Å². The lowest BCUT2D eigenvalue weighted by molar-refractivity contribution is -0.142. The minimum atomic E-state index is -4.94. The van der Waals surface area contributed by atoms with Gasteiger partial charge in [0.1, 0.15) is 5.69 Å². The highest BCUT2D eigenvalue weighted by atomic mass is 19.4. The molecule has 136 valence electrons. The number of aromatic nitrogens is 1. The van der Waals surface area contributed by atoms with Gasteiger partial charge in [0.2, 0.25) is 0 Å². The van der Waals surface area contributed by atoms with E-state index in [0.717, 1.165) is 6.07 Å². The summed E-state index contributed by atoms with van der Waals surface area (Å²) >= 11 is 0. The summed E-state index contributed by atoms with van der Waals surface area (Å²) < 4.78 is 84.2. The predicted molar refractivity (Wildman–Crippen MR) is 75.7 cm³/mol. The molecule has 1 aliphatic heterocycles. The van der Waals surface area contributed by atoms with Gasteiger partial charge in [0, 0.05) is 31.4 Å². The van der Waals surface area contributed by atoms with Crippen LogP contribution < -0.4 is 0 Å². The third kappa shape index (κ3) is 3.30. The molecule has 3 nitrogen and oxygen atoms in total. The molecule has 3 rings (SSSR count). The molecule has 0 saturated carbocycles. The minimum absolute atomic E-state index is 0.0142. The van der Waals surface area contributed by atoms with Gasteiger partial charge in [-0.1, -0.05) is 12.1 Å². The molecular formula is C16H13F6NO2. The van der Waals surface area contributed by atoms with E-state index >= 15 is 0 Å². The maximum Gasteiger partial charge on any atom is 0.433 e. The fourth-order valence-corrected chi connectivity index (χ4v) is 2.99. The first kappa shape index (κ1) is 17.9. The Bertz CT molecular complexity index is 794. The maximum absolute atomic E-state index is 13.2. The van der Waals surface area contributed by atoms with E-state index in [1.807, 2.05) is 0 Å². The Labute approximate surface area is 138 Å². The van der Waals surface area contributed by atoms with E-state index < -0.39 is 34.7 Å². The van der Waals surface area contributed by atoms with Crippen molar-refractivity contribution in [3.8, 4) is 0 Å². The summed E-state index contributed by atoms with van der Waals surface area (Å²) in [4.78, 5) is 3.21. The molecule has 0 radical (unpaired) electrons. The first-order valence-corrected chi connectivity index (χ1v) is 7.41. The van der Waals surface area contributed by atoms with Gasteiger partial charge in [0.15, 0.2) is 0 Å². The van der Waals surface area contributed by atoms with Crippen molar-refractivity contribution in [2.45, 2.75) is 30.8 Å². The highest BCUT2D eigenvalue weighted by Gasteiger charge is 2.41. The molecule has 2 heterocycles. The molecule has 1 N–H and O–H groups in total. The number of halogens is 6. The van der Waals surface area contributed by atoms with Crippen LogP contribution in [-0.2, 0) is 22.7 Å². The van der Waals surface area contributed by atoms with Gasteiger partial charge in [-0.05, 0) is 17.7 Å². The second-order valence-electron chi connectivity index (χ2n) is 5.90. The van der Waals surface area contributed by atoms with Crippen molar-refractivity contribution >= 4 is 10.9 Å². The van der Waals surface area contributed by atoms with E-state index in [0.29, 0.717) is 12.1 Å². The van der Waals surface area contributed by atoms with E-state index in [1.165, 1.54) is 6.07 Å². The van der Waals surface area contributed by atoms with Gasteiger partial charge >= 0.3 is 12.4 Å². The summed E-state index contributed by atoms with van der Waals surface area (Å²) in [6, 6.07) is 3.63. The van der Waals surface area contributed by atoms with Crippen molar-refractivity contribution in [2.24, 2.45) is 0 Å². The van der Waals surface area contributed by atoms with E-state index in [1.54, 1.807) is 0 Å². The third-order valence-electron chi connectivity index (χ3n) is 4.26. The number of alkyl halides is 6. The Morgan fingerprint density at radius 2 is 1.64 bits per heavy atom.